The maximum atomic E-state index is 12.1. The third-order valence-corrected chi connectivity index (χ3v) is 4.88. The average molecular weight is 285 g/mol. The van der Waals surface area contributed by atoms with E-state index >= 15 is 0 Å². The Morgan fingerprint density at radius 3 is 3.05 bits per heavy atom. The van der Waals surface area contributed by atoms with Gasteiger partial charge in [-0.2, -0.15) is 5.10 Å². The highest BCUT2D eigenvalue weighted by molar-refractivity contribution is 7.91. The van der Waals surface area contributed by atoms with Crippen molar-refractivity contribution in [1.29, 1.82) is 0 Å². The van der Waals surface area contributed by atoms with E-state index in [1.54, 1.807) is 17.1 Å². The van der Waals surface area contributed by atoms with Crippen LogP contribution in [0.4, 0.5) is 0 Å². The molecular weight excluding hydrogens is 266 g/mol. The summed E-state index contributed by atoms with van der Waals surface area (Å²) in [5.74, 6) is 0.144. The van der Waals surface area contributed by atoms with Gasteiger partial charge in [0.2, 0.25) is 0 Å². The maximum absolute atomic E-state index is 12.1. The molecule has 6 nitrogen and oxygen atoms in total. The van der Waals surface area contributed by atoms with Crippen LogP contribution in [0.25, 0.3) is 0 Å². The van der Waals surface area contributed by atoms with Crippen molar-refractivity contribution in [3.63, 3.8) is 0 Å². The second-order valence-electron chi connectivity index (χ2n) is 4.88. The smallest absolute Gasteiger partial charge is 0.167 e. The predicted molar refractivity (Wildman–Crippen MR) is 71.9 cm³/mol. The van der Waals surface area contributed by atoms with Gasteiger partial charge in [0, 0.05) is 31.7 Å². The van der Waals surface area contributed by atoms with Crippen LogP contribution >= 0.6 is 0 Å². The van der Waals surface area contributed by atoms with Gasteiger partial charge in [0.25, 0.3) is 0 Å². The molecule has 1 aromatic heterocycles. The summed E-state index contributed by atoms with van der Waals surface area (Å²) in [7, 11) is -3.00. The fraction of sp³-hybridized carbons (Fsp3) is 0.667. The molecule has 0 amide bonds. The van der Waals surface area contributed by atoms with Crippen molar-refractivity contribution in [1.82, 2.24) is 15.1 Å². The van der Waals surface area contributed by atoms with E-state index in [2.05, 4.69) is 10.4 Å². The van der Waals surface area contributed by atoms with E-state index in [9.17, 15) is 13.2 Å². The van der Waals surface area contributed by atoms with Gasteiger partial charge >= 0.3 is 0 Å². The number of hydrogen-bond acceptors (Lipinski definition) is 5. The number of hydrogen-bond donors (Lipinski definition) is 1. The molecule has 1 fully saturated rings. The molecule has 0 bridgehead atoms. The fourth-order valence-electron chi connectivity index (χ4n) is 2.20. The quantitative estimate of drug-likeness (QED) is 0.784. The molecule has 1 saturated heterocycles. The number of aromatic nitrogens is 2. The van der Waals surface area contributed by atoms with Gasteiger partial charge in [-0.1, -0.05) is 6.92 Å². The SMILES string of the molecule is CCCn1cc(C(=O)CC2CS(=O)(=O)CCN2)cn1. The number of aryl methyl sites for hydroxylation is 1. The van der Waals surface area contributed by atoms with Crippen molar-refractivity contribution in [2.45, 2.75) is 32.4 Å². The van der Waals surface area contributed by atoms with Crippen LogP contribution in [0.3, 0.4) is 0 Å². The third-order valence-electron chi connectivity index (χ3n) is 3.14. The van der Waals surface area contributed by atoms with Crippen molar-refractivity contribution in [2.24, 2.45) is 0 Å². The Hall–Kier alpha value is -1.21. The van der Waals surface area contributed by atoms with Crippen LogP contribution in [0.2, 0.25) is 0 Å². The lowest BCUT2D eigenvalue weighted by atomic mass is 10.1. The molecule has 0 radical (unpaired) electrons. The molecule has 0 spiro atoms. The maximum Gasteiger partial charge on any atom is 0.167 e. The van der Waals surface area contributed by atoms with Crippen molar-refractivity contribution < 1.29 is 13.2 Å². The average Bonchev–Trinajstić information content (AvgIpc) is 2.77. The minimum absolute atomic E-state index is 0.0435. The second kappa shape index (κ2) is 5.83. The molecule has 1 N–H and O–H groups in total. The van der Waals surface area contributed by atoms with Gasteiger partial charge < -0.3 is 5.32 Å². The van der Waals surface area contributed by atoms with E-state index in [0.717, 1.165) is 13.0 Å². The molecule has 1 aliphatic heterocycles. The molecule has 0 aromatic carbocycles. The zero-order valence-corrected chi connectivity index (χ0v) is 11.8. The Morgan fingerprint density at radius 2 is 2.37 bits per heavy atom. The lowest BCUT2D eigenvalue weighted by Gasteiger charge is -2.22. The van der Waals surface area contributed by atoms with Crippen LogP contribution in [0.1, 0.15) is 30.1 Å². The zero-order chi connectivity index (χ0) is 13.9. The molecule has 1 aliphatic rings. The summed E-state index contributed by atoms with van der Waals surface area (Å²) in [6.07, 6.45) is 4.44. The third kappa shape index (κ3) is 3.87. The molecule has 19 heavy (non-hydrogen) atoms. The Kier molecular flexibility index (Phi) is 4.36. The summed E-state index contributed by atoms with van der Waals surface area (Å²) in [6.45, 7) is 3.25. The Balaban J connectivity index is 1.96. The number of ketones is 1. The normalized spacial score (nSPS) is 22.3. The molecule has 106 valence electrons. The van der Waals surface area contributed by atoms with Crippen LogP contribution in [0, 0.1) is 0 Å². The number of nitrogens with zero attached hydrogens (tertiary/aromatic N) is 2. The summed E-state index contributed by atoms with van der Waals surface area (Å²) in [6, 6.07) is -0.277. The van der Waals surface area contributed by atoms with E-state index in [1.807, 2.05) is 6.92 Å². The number of sulfone groups is 1. The highest BCUT2D eigenvalue weighted by Gasteiger charge is 2.26. The minimum atomic E-state index is -3.00. The summed E-state index contributed by atoms with van der Waals surface area (Å²) in [4.78, 5) is 12.1. The van der Waals surface area contributed by atoms with Gasteiger partial charge in [-0.25, -0.2) is 8.42 Å². The molecule has 0 aliphatic carbocycles. The summed E-state index contributed by atoms with van der Waals surface area (Å²) < 4.78 is 24.7. The molecule has 1 atom stereocenters. The largest absolute Gasteiger partial charge is 0.312 e. The molecule has 1 aromatic rings. The summed E-state index contributed by atoms with van der Waals surface area (Å²) in [5, 5.41) is 7.19. The van der Waals surface area contributed by atoms with Crippen LogP contribution < -0.4 is 5.32 Å². The van der Waals surface area contributed by atoms with Gasteiger partial charge in [-0.3, -0.25) is 9.48 Å². The standard InChI is InChI=1S/C12H19N3O3S/c1-2-4-15-8-10(7-14-15)12(16)6-11-9-19(17,18)5-3-13-11/h7-8,11,13H,2-6,9H2,1H3. The van der Waals surface area contributed by atoms with Crippen LogP contribution in [0.15, 0.2) is 12.4 Å². The monoisotopic (exact) mass is 285 g/mol. The van der Waals surface area contributed by atoms with E-state index in [0.29, 0.717) is 12.1 Å². The van der Waals surface area contributed by atoms with Gasteiger partial charge in [0.1, 0.15) is 0 Å². The first-order chi connectivity index (χ1) is 9.00. The predicted octanol–water partition coefficient (Wildman–Crippen LogP) is 0.253. The van der Waals surface area contributed by atoms with Crippen molar-refractivity contribution in [3.8, 4) is 0 Å². The number of nitrogens with one attached hydrogen (secondary N) is 1. The molecule has 2 heterocycles. The summed E-state index contributed by atoms with van der Waals surface area (Å²) >= 11 is 0. The first kappa shape index (κ1) is 14.2. The van der Waals surface area contributed by atoms with E-state index in [1.165, 1.54) is 0 Å². The molecule has 2 rings (SSSR count). The Labute approximate surface area is 113 Å². The van der Waals surface area contributed by atoms with Crippen LogP contribution in [0.5, 0.6) is 0 Å². The molecule has 7 heteroatoms. The van der Waals surface area contributed by atoms with Crippen molar-refractivity contribution in [3.05, 3.63) is 18.0 Å². The molecule has 1 unspecified atom stereocenters. The van der Waals surface area contributed by atoms with Crippen molar-refractivity contribution in [2.75, 3.05) is 18.1 Å². The van der Waals surface area contributed by atoms with Gasteiger partial charge in [-0.15, -0.1) is 0 Å². The first-order valence-electron chi connectivity index (χ1n) is 6.49. The number of Topliss-reactive ketones (excluding diaryl/α,β-unsaturated/α-hetero) is 1. The first-order valence-corrected chi connectivity index (χ1v) is 8.32. The lowest BCUT2D eigenvalue weighted by molar-refractivity contribution is 0.0971. The minimum Gasteiger partial charge on any atom is -0.312 e. The summed E-state index contributed by atoms with van der Waals surface area (Å²) in [5.41, 5.74) is 0.554. The van der Waals surface area contributed by atoms with Crippen molar-refractivity contribution >= 4 is 15.6 Å². The lowest BCUT2D eigenvalue weighted by Crippen LogP contribution is -2.45. The van der Waals surface area contributed by atoms with E-state index < -0.39 is 9.84 Å². The zero-order valence-electron chi connectivity index (χ0n) is 11.0. The van der Waals surface area contributed by atoms with Gasteiger partial charge in [0.15, 0.2) is 15.6 Å². The van der Waals surface area contributed by atoms with E-state index in [4.69, 9.17) is 0 Å². The van der Waals surface area contributed by atoms with Gasteiger partial charge in [0.05, 0.1) is 23.3 Å². The highest BCUT2D eigenvalue weighted by Crippen LogP contribution is 2.10. The Bertz CT molecular complexity index is 550. The highest BCUT2D eigenvalue weighted by atomic mass is 32.2. The second-order valence-corrected chi connectivity index (χ2v) is 7.11. The van der Waals surface area contributed by atoms with Crippen LogP contribution in [-0.4, -0.2) is 48.1 Å². The molecule has 0 saturated carbocycles. The van der Waals surface area contributed by atoms with Gasteiger partial charge in [-0.05, 0) is 6.42 Å². The topological polar surface area (TPSA) is 81.1 Å². The number of carbonyl (C=O) groups is 1. The fourth-order valence-corrected chi connectivity index (χ4v) is 3.64. The number of rotatable bonds is 5. The van der Waals surface area contributed by atoms with Crippen LogP contribution in [-0.2, 0) is 16.4 Å². The van der Waals surface area contributed by atoms with E-state index in [-0.39, 0.29) is 29.8 Å². The molecular formula is C12H19N3O3S. The number of carbonyl (C=O) groups excluding carboxylic acids is 1. The Morgan fingerprint density at radius 1 is 1.58 bits per heavy atom.